The Bertz CT molecular complexity index is 644. The fourth-order valence-corrected chi connectivity index (χ4v) is 3.52. The summed E-state index contributed by atoms with van der Waals surface area (Å²) < 4.78 is 31.0. The smallest absolute Gasteiger partial charge is 0.275 e. The van der Waals surface area contributed by atoms with Crippen molar-refractivity contribution in [1.29, 1.82) is 0 Å². The number of aryl methyl sites for hydroxylation is 2. The van der Waals surface area contributed by atoms with Crippen LogP contribution in [-0.2, 0) is 10.0 Å². The average molecular weight is 274 g/mol. The maximum Gasteiger partial charge on any atom is 0.275 e. The molecular formula is C8H10N4O3S2. The van der Waals surface area contributed by atoms with E-state index in [0.717, 1.165) is 11.3 Å². The van der Waals surface area contributed by atoms with Gasteiger partial charge in [-0.2, -0.15) is 0 Å². The van der Waals surface area contributed by atoms with E-state index in [-0.39, 0.29) is 15.2 Å². The number of hydrogen-bond acceptors (Lipinski definition) is 7. The molecule has 7 nitrogen and oxygen atoms in total. The fourth-order valence-electron chi connectivity index (χ4n) is 1.24. The van der Waals surface area contributed by atoms with Crippen LogP contribution in [0.2, 0.25) is 0 Å². The standard InChI is InChI=1S/C8H10N4O3S2/c1-4-3-6(15-11-4)12-17(13,14)7-5(2)10-8(9)16-7/h3,12H,1-2H3,(H2,9,10). The van der Waals surface area contributed by atoms with Crippen LogP contribution in [0.1, 0.15) is 11.4 Å². The number of sulfonamides is 1. The lowest BCUT2D eigenvalue weighted by molar-refractivity contribution is 0.430. The van der Waals surface area contributed by atoms with E-state index in [0.29, 0.717) is 11.4 Å². The first kappa shape index (κ1) is 11.9. The predicted molar refractivity (Wildman–Crippen MR) is 63.3 cm³/mol. The number of nitrogen functional groups attached to an aromatic ring is 1. The van der Waals surface area contributed by atoms with E-state index < -0.39 is 10.0 Å². The van der Waals surface area contributed by atoms with E-state index in [9.17, 15) is 8.42 Å². The van der Waals surface area contributed by atoms with Crippen LogP contribution in [0.5, 0.6) is 0 Å². The quantitative estimate of drug-likeness (QED) is 0.867. The summed E-state index contributed by atoms with van der Waals surface area (Å²) >= 11 is 0.901. The zero-order valence-electron chi connectivity index (χ0n) is 9.09. The normalized spacial score (nSPS) is 11.6. The Morgan fingerprint density at radius 2 is 2.18 bits per heavy atom. The molecule has 0 aliphatic heterocycles. The van der Waals surface area contributed by atoms with Crippen LogP contribution >= 0.6 is 11.3 Å². The van der Waals surface area contributed by atoms with E-state index in [1.807, 2.05) is 0 Å². The Morgan fingerprint density at radius 1 is 1.47 bits per heavy atom. The van der Waals surface area contributed by atoms with Gasteiger partial charge in [-0.1, -0.05) is 16.5 Å². The molecule has 0 radical (unpaired) electrons. The second-order valence-corrected chi connectivity index (χ2v) is 6.27. The van der Waals surface area contributed by atoms with Crippen LogP contribution in [0.15, 0.2) is 14.8 Å². The molecule has 3 N–H and O–H groups in total. The van der Waals surface area contributed by atoms with Crippen LogP contribution in [0.25, 0.3) is 0 Å². The monoisotopic (exact) mass is 274 g/mol. The molecule has 0 unspecified atom stereocenters. The molecule has 2 aromatic rings. The number of thiazole rings is 1. The molecule has 0 aliphatic rings. The van der Waals surface area contributed by atoms with Gasteiger partial charge in [-0.15, -0.1) is 0 Å². The fraction of sp³-hybridized carbons (Fsp3) is 0.250. The summed E-state index contributed by atoms with van der Waals surface area (Å²) in [4.78, 5) is 3.86. The van der Waals surface area contributed by atoms with Crippen molar-refractivity contribution in [2.75, 3.05) is 10.5 Å². The SMILES string of the molecule is Cc1cc(NS(=O)(=O)c2sc(N)nc2C)on1. The van der Waals surface area contributed by atoms with Crippen LogP contribution in [0.4, 0.5) is 11.0 Å². The molecule has 92 valence electrons. The van der Waals surface area contributed by atoms with Crippen molar-refractivity contribution in [3.8, 4) is 0 Å². The average Bonchev–Trinajstić information content (AvgIpc) is 2.72. The minimum Gasteiger partial charge on any atom is -0.375 e. The molecule has 0 fully saturated rings. The van der Waals surface area contributed by atoms with Gasteiger partial charge in [0.15, 0.2) is 9.34 Å². The molecule has 0 atom stereocenters. The number of hydrogen-bond donors (Lipinski definition) is 2. The second kappa shape index (κ2) is 4.00. The van der Waals surface area contributed by atoms with Crippen molar-refractivity contribution in [3.05, 3.63) is 17.5 Å². The van der Waals surface area contributed by atoms with Crippen molar-refractivity contribution in [2.45, 2.75) is 18.1 Å². The summed E-state index contributed by atoms with van der Waals surface area (Å²) in [6.45, 7) is 3.27. The topological polar surface area (TPSA) is 111 Å². The largest absolute Gasteiger partial charge is 0.375 e. The van der Waals surface area contributed by atoms with Crippen molar-refractivity contribution in [1.82, 2.24) is 10.1 Å². The van der Waals surface area contributed by atoms with Crippen LogP contribution in [0, 0.1) is 13.8 Å². The Morgan fingerprint density at radius 3 is 2.65 bits per heavy atom. The van der Waals surface area contributed by atoms with Crippen molar-refractivity contribution >= 4 is 32.4 Å². The van der Waals surface area contributed by atoms with E-state index in [1.165, 1.54) is 6.07 Å². The lowest BCUT2D eigenvalue weighted by atomic mass is 10.5. The number of aromatic nitrogens is 2. The van der Waals surface area contributed by atoms with E-state index in [1.54, 1.807) is 13.8 Å². The van der Waals surface area contributed by atoms with Crippen LogP contribution < -0.4 is 10.5 Å². The van der Waals surface area contributed by atoms with Gasteiger partial charge in [0.05, 0.1) is 11.4 Å². The van der Waals surface area contributed by atoms with Gasteiger partial charge in [-0.05, 0) is 13.8 Å². The zero-order chi connectivity index (χ0) is 12.6. The third kappa shape index (κ3) is 2.39. The molecule has 2 rings (SSSR count). The highest BCUT2D eigenvalue weighted by molar-refractivity contribution is 7.94. The summed E-state index contributed by atoms with van der Waals surface area (Å²) in [7, 11) is -3.72. The lowest BCUT2D eigenvalue weighted by Gasteiger charge is -2.01. The highest BCUT2D eigenvalue weighted by atomic mass is 32.2. The molecule has 17 heavy (non-hydrogen) atoms. The number of rotatable bonds is 3. The van der Waals surface area contributed by atoms with Gasteiger partial charge in [0.1, 0.15) is 0 Å². The molecule has 2 heterocycles. The molecule has 0 bridgehead atoms. The molecule has 0 aliphatic carbocycles. The Labute approximate surface area is 102 Å². The van der Waals surface area contributed by atoms with Crippen LogP contribution in [0.3, 0.4) is 0 Å². The van der Waals surface area contributed by atoms with E-state index in [2.05, 4.69) is 14.9 Å². The maximum absolute atomic E-state index is 12.0. The molecule has 0 saturated heterocycles. The van der Waals surface area contributed by atoms with Gasteiger partial charge < -0.3 is 10.3 Å². The number of nitrogens with two attached hydrogens (primary N) is 1. The number of anilines is 2. The van der Waals surface area contributed by atoms with E-state index in [4.69, 9.17) is 10.3 Å². The zero-order valence-corrected chi connectivity index (χ0v) is 10.7. The third-order valence-corrected chi connectivity index (χ3v) is 4.82. The second-order valence-electron chi connectivity index (χ2n) is 3.36. The highest BCUT2D eigenvalue weighted by Crippen LogP contribution is 2.26. The molecule has 0 saturated carbocycles. The molecular weight excluding hydrogens is 264 g/mol. The van der Waals surface area contributed by atoms with E-state index >= 15 is 0 Å². The number of nitrogens with zero attached hydrogens (tertiary/aromatic N) is 2. The maximum atomic E-state index is 12.0. The molecule has 2 aromatic heterocycles. The first-order valence-electron chi connectivity index (χ1n) is 4.57. The molecule has 0 amide bonds. The first-order chi connectivity index (χ1) is 7.88. The van der Waals surface area contributed by atoms with Gasteiger partial charge in [0, 0.05) is 6.07 Å². The van der Waals surface area contributed by atoms with Gasteiger partial charge in [-0.3, -0.25) is 0 Å². The van der Waals surface area contributed by atoms with Crippen LogP contribution in [-0.4, -0.2) is 18.6 Å². The Kier molecular flexibility index (Phi) is 2.79. The van der Waals surface area contributed by atoms with Gasteiger partial charge in [0.2, 0.25) is 5.88 Å². The van der Waals surface area contributed by atoms with Gasteiger partial charge in [-0.25, -0.2) is 18.1 Å². The van der Waals surface area contributed by atoms with Crippen molar-refractivity contribution in [3.63, 3.8) is 0 Å². The van der Waals surface area contributed by atoms with Gasteiger partial charge >= 0.3 is 0 Å². The Hall–Kier alpha value is -1.61. The molecule has 9 heteroatoms. The Balaban J connectivity index is 2.34. The summed E-state index contributed by atoms with van der Waals surface area (Å²) in [5.74, 6) is 0.0638. The minimum atomic E-state index is -3.72. The predicted octanol–water partition coefficient (Wildman–Crippen LogP) is 1.13. The minimum absolute atomic E-state index is 0.0638. The lowest BCUT2D eigenvalue weighted by Crippen LogP contribution is -2.12. The summed E-state index contributed by atoms with van der Waals surface area (Å²) in [5, 5.41) is 3.79. The summed E-state index contributed by atoms with van der Waals surface area (Å²) in [5.41, 5.74) is 6.40. The number of nitrogens with one attached hydrogen (secondary N) is 1. The molecule has 0 spiro atoms. The van der Waals surface area contributed by atoms with Crippen molar-refractivity contribution < 1.29 is 12.9 Å². The first-order valence-corrected chi connectivity index (χ1v) is 6.87. The van der Waals surface area contributed by atoms with Crippen molar-refractivity contribution in [2.24, 2.45) is 0 Å². The third-order valence-electron chi connectivity index (χ3n) is 1.88. The summed E-state index contributed by atoms with van der Waals surface area (Å²) in [6, 6.07) is 1.48. The summed E-state index contributed by atoms with van der Waals surface area (Å²) in [6.07, 6.45) is 0. The highest BCUT2D eigenvalue weighted by Gasteiger charge is 2.22. The van der Waals surface area contributed by atoms with Gasteiger partial charge in [0.25, 0.3) is 10.0 Å². The molecule has 0 aromatic carbocycles.